The van der Waals surface area contributed by atoms with Gasteiger partial charge in [-0.25, -0.2) is 0 Å². The fraction of sp³-hybridized carbons (Fsp3) is 0.458. The van der Waals surface area contributed by atoms with Crippen LogP contribution >= 0.6 is 0 Å². The topological polar surface area (TPSA) is 54.5 Å². The van der Waals surface area contributed by atoms with Gasteiger partial charge in [0.15, 0.2) is 11.5 Å². The highest BCUT2D eigenvalue weighted by atomic mass is 16.5. The van der Waals surface area contributed by atoms with Gasteiger partial charge in [-0.05, 0) is 49.4 Å². The molecule has 1 fully saturated rings. The number of benzene rings is 2. The first-order chi connectivity index (χ1) is 15.0. The van der Waals surface area contributed by atoms with Crippen LogP contribution in [0.2, 0.25) is 0 Å². The van der Waals surface area contributed by atoms with Gasteiger partial charge in [-0.15, -0.1) is 0 Å². The number of carbonyl (C=O) groups is 1. The SMILES string of the molecule is COc1cc(C)c(CN(C)CC(=O)N2CCN(c3ccccc3OC)CC2)cc1OC. The fourth-order valence-corrected chi connectivity index (χ4v) is 3.96. The van der Waals surface area contributed by atoms with E-state index in [-0.39, 0.29) is 5.91 Å². The van der Waals surface area contributed by atoms with Gasteiger partial charge in [-0.2, -0.15) is 0 Å². The summed E-state index contributed by atoms with van der Waals surface area (Å²) in [5.41, 5.74) is 3.31. The van der Waals surface area contributed by atoms with Crippen molar-refractivity contribution in [1.29, 1.82) is 0 Å². The van der Waals surface area contributed by atoms with Crippen molar-refractivity contribution in [2.45, 2.75) is 13.5 Å². The number of hydrogen-bond donors (Lipinski definition) is 0. The van der Waals surface area contributed by atoms with E-state index < -0.39 is 0 Å². The molecule has 1 saturated heterocycles. The Morgan fingerprint density at radius 2 is 1.55 bits per heavy atom. The van der Waals surface area contributed by atoms with Crippen molar-refractivity contribution in [2.75, 3.05) is 66.0 Å². The molecule has 0 N–H and O–H groups in total. The van der Waals surface area contributed by atoms with Gasteiger partial charge in [-0.3, -0.25) is 9.69 Å². The van der Waals surface area contributed by atoms with Crippen molar-refractivity contribution in [3.8, 4) is 17.2 Å². The Balaban J connectivity index is 1.55. The molecule has 7 heteroatoms. The van der Waals surface area contributed by atoms with Crippen molar-refractivity contribution >= 4 is 11.6 Å². The van der Waals surface area contributed by atoms with Crippen LogP contribution in [0.3, 0.4) is 0 Å². The molecule has 1 heterocycles. The van der Waals surface area contributed by atoms with Crippen LogP contribution in [0.5, 0.6) is 17.2 Å². The van der Waals surface area contributed by atoms with Gasteiger partial charge in [-0.1, -0.05) is 12.1 Å². The number of nitrogens with zero attached hydrogens (tertiary/aromatic N) is 3. The maximum absolute atomic E-state index is 12.9. The van der Waals surface area contributed by atoms with Gasteiger partial charge < -0.3 is 24.0 Å². The number of likely N-dealkylation sites (N-methyl/N-ethyl adjacent to an activating group) is 1. The van der Waals surface area contributed by atoms with E-state index in [1.165, 1.54) is 0 Å². The second kappa shape index (κ2) is 10.4. The lowest BCUT2D eigenvalue weighted by molar-refractivity contribution is -0.132. The molecule has 168 valence electrons. The Morgan fingerprint density at radius 3 is 2.19 bits per heavy atom. The standard InChI is InChI=1S/C24H33N3O4/c1-18-14-22(30-4)23(31-5)15-19(18)16-25(2)17-24(28)27-12-10-26(11-13-27)20-8-6-7-9-21(20)29-3/h6-9,14-15H,10-13,16-17H2,1-5H3. The van der Waals surface area contributed by atoms with Gasteiger partial charge in [0.1, 0.15) is 5.75 Å². The lowest BCUT2D eigenvalue weighted by Crippen LogP contribution is -2.51. The summed E-state index contributed by atoms with van der Waals surface area (Å²) < 4.78 is 16.3. The Kier molecular flexibility index (Phi) is 7.63. The smallest absolute Gasteiger partial charge is 0.236 e. The minimum atomic E-state index is 0.153. The number of methoxy groups -OCH3 is 3. The minimum Gasteiger partial charge on any atom is -0.495 e. The summed E-state index contributed by atoms with van der Waals surface area (Å²) in [5.74, 6) is 2.44. The average molecular weight is 428 g/mol. The van der Waals surface area contributed by atoms with Gasteiger partial charge in [0.25, 0.3) is 0 Å². The molecule has 2 aromatic carbocycles. The summed E-state index contributed by atoms with van der Waals surface area (Å²) in [6, 6.07) is 12.0. The number of piperazine rings is 1. The molecule has 1 aliphatic heterocycles. The van der Waals surface area contributed by atoms with E-state index in [1.54, 1.807) is 21.3 Å². The lowest BCUT2D eigenvalue weighted by Gasteiger charge is -2.37. The van der Waals surface area contributed by atoms with Gasteiger partial charge in [0.2, 0.25) is 5.91 Å². The zero-order valence-corrected chi connectivity index (χ0v) is 19.2. The number of ether oxygens (including phenoxy) is 3. The van der Waals surface area contributed by atoms with Crippen LogP contribution in [-0.4, -0.2) is 76.8 Å². The highest BCUT2D eigenvalue weighted by Gasteiger charge is 2.23. The van der Waals surface area contributed by atoms with E-state index in [9.17, 15) is 4.79 Å². The molecule has 7 nitrogen and oxygen atoms in total. The summed E-state index contributed by atoms with van der Waals surface area (Å²) in [6.45, 7) is 6.10. The zero-order valence-electron chi connectivity index (χ0n) is 19.2. The van der Waals surface area contributed by atoms with Crippen molar-refractivity contribution in [3.63, 3.8) is 0 Å². The molecule has 0 saturated carbocycles. The quantitative estimate of drug-likeness (QED) is 0.646. The third kappa shape index (κ3) is 5.41. The molecule has 0 unspecified atom stereocenters. The van der Waals surface area contributed by atoms with E-state index in [1.807, 2.05) is 54.1 Å². The number of carbonyl (C=O) groups excluding carboxylic acids is 1. The van der Waals surface area contributed by atoms with Gasteiger partial charge >= 0.3 is 0 Å². The molecule has 1 aliphatic rings. The van der Waals surface area contributed by atoms with E-state index in [2.05, 4.69) is 11.0 Å². The first-order valence-corrected chi connectivity index (χ1v) is 10.5. The fourth-order valence-electron chi connectivity index (χ4n) is 3.96. The maximum atomic E-state index is 12.9. The van der Waals surface area contributed by atoms with Crippen LogP contribution in [0.4, 0.5) is 5.69 Å². The number of aryl methyl sites for hydroxylation is 1. The molecule has 3 rings (SSSR count). The number of hydrogen-bond acceptors (Lipinski definition) is 6. The highest BCUT2D eigenvalue weighted by Crippen LogP contribution is 2.31. The number of anilines is 1. The molecular weight excluding hydrogens is 394 g/mol. The number of rotatable bonds is 8. The molecule has 0 spiro atoms. The third-order valence-corrected chi connectivity index (χ3v) is 5.75. The van der Waals surface area contributed by atoms with Crippen molar-refractivity contribution in [3.05, 3.63) is 47.5 Å². The summed E-state index contributed by atoms with van der Waals surface area (Å²) >= 11 is 0. The van der Waals surface area contributed by atoms with Crippen LogP contribution < -0.4 is 19.1 Å². The molecule has 31 heavy (non-hydrogen) atoms. The first kappa shape index (κ1) is 22.7. The van der Waals surface area contributed by atoms with E-state index in [4.69, 9.17) is 14.2 Å². The maximum Gasteiger partial charge on any atom is 0.236 e. The summed E-state index contributed by atoms with van der Waals surface area (Å²) in [7, 11) is 6.93. The van der Waals surface area contributed by atoms with Crippen LogP contribution in [0, 0.1) is 6.92 Å². The molecule has 0 aromatic heterocycles. The first-order valence-electron chi connectivity index (χ1n) is 10.5. The van der Waals surface area contributed by atoms with E-state index in [0.29, 0.717) is 31.9 Å². The summed E-state index contributed by atoms with van der Waals surface area (Å²) in [6.07, 6.45) is 0. The van der Waals surface area contributed by atoms with Gasteiger partial charge in [0.05, 0.1) is 33.6 Å². The van der Waals surface area contributed by atoms with Crippen LogP contribution in [0.1, 0.15) is 11.1 Å². The molecule has 0 atom stereocenters. The lowest BCUT2D eigenvalue weighted by atomic mass is 10.1. The molecule has 0 radical (unpaired) electrons. The molecule has 0 aliphatic carbocycles. The largest absolute Gasteiger partial charge is 0.495 e. The highest BCUT2D eigenvalue weighted by molar-refractivity contribution is 5.78. The Morgan fingerprint density at radius 1 is 0.935 bits per heavy atom. The summed E-state index contributed by atoms with van der Waals surface area (Å²) in [4.78, 5) is 19.1. The normalized spacial score (nSPS) is 14.0. The predicted molar refractivity (Wildman–Crippen MR) is 122 cm³/mol. The summed E-state index contributed by atoms with van der Waals surface area (Å²) in [5, 5.41) is 0. The Labute approximate surface area is 185 Å². The Hall–Kier alpha value is -2.93. The van der Waals surface area contributed by atoms with Gasteiger partial charge in [0, 0.05) is 32.7 Å². The van der Waals surface area contributed by atoms with Crippen molar-refractivity contribution in [2.24, 2.45) is 0 Å². The zero-order chi connectivity index (χ0) is 22.4. The second-order valence-corrected chi connectivity index (χ2v) is 7.85. The van der Waals surface area contributed by atoms with Crippen LogP contribution in [-0.2, 0) is 11.3 Å². The molecular formula is C24H33N3O4. The predicted octanol–water partition coefficient (Wildman–Crippen LogP) is 2.80. The number of amides is 1. The minimum absolute atomic E-state index is 0.153. The van der Waals surface area contributed by atoms with Crippen molar-refractivity contribution in [1.82, 2.24) is 9.80 Å². The van der Waals surface area contributed by atoms with E-state index in [0.717, 1.165) is 41.4 Å². The van der Waals surface area contributed by atoms with Crippen LogP contribution in [0.25, 0.3) is 0 Å². The molecule has 2 aromatic rings. The second-order valence-electron chi connectivity index (χ2n) is 7.85. The average Bonchev–Trinajstić information content (AvgIpc) is 2.80. The molecule has 1 amide bonds. The Bertz CT molecular complexity index is 894. The third-order valence-electron chi connectivity index (χ3n) is 5.75. The molecule has 0 bridgehead atoms. The van der Waals surface area contributed by atoms with Crippen LogP contribution in [0.15, 0.2) is 36.4 Å². The van der Waals surface area contributed by atoms with E-state index >= 15 is 0 Å². The van der Waals surface area contributed by atoms with Crippen molar-refractivity contribution < 1.29 is 19.0 Å². The number of para-hydroxylation sites is 2. The monoisotopic (exact) mass is 427 g/mol.